The van der Waals surface area contributed by atoms with Crippen molar-refractivity contribution in [2.75, 3.05) is 53.1 Å². The maximum Gasteiger partial charge on any atom is 0.265 e. The Balaban J connectivity index is 1.72. The molecule has 124 valence electrons. The second-order valence-corrected chi connectivity index (χ2v) is 6.24. The van der Waals surface area contributed by atoms with Crippen LogP contribution in [0.5, 0.6) is 0 Å². The molecule has 0 unspecified atom stereocenters. The number of carbonyl (C=O) groups excluding carboxylic acids is 2. The average molecular weight is 318 g/mol. The molecule has 3 saturated heterocycles. The molecule has 22 heavy (non-hydrogen) atoms. The number of rotatable bonds is 4. The zero-order chi connectivity index (χ0) is 16.0. The summed E-state index contributed by atoms with van der Waals surface area (Å²) in [5, 5.41) is 0. The molecule has 0 aromatic rings. The number of hydrogen-bond donors (Lipinski definition) is 0. The molecule has 0 aliphatic carbocycles. The molecule has 0 aromatic heterocycles. The van der Waals surface area contributed by atoms with Gasteiger partial charge in [0.25, 0.3) is 5.91 Å². The monoisotopic (exact) mass is 318 g/mol. The van der Waals surface area contributed by atoms with Crippen molar-refractivity contribution in [2.24, 2.45) is 5.92 Å². The van der Waals surface area contributed by atoms with Crippen LogP contribution in [-0.2, 0) is 19.1 Å². The molecule has 6 nitrogen and oxygen atoms in total. The van der Waals surface area contributed by atoms with E-state index in [0.717, 1.165) is 9.80 Å². The quantitative estimate of drug-likeness (QED) is 0.718. The van der Waals surface area contributed by atoms with E-state index in [4.69, 9.17) is 9.47 Å². The highest BCUT2D eigenvalue weighted by atomic mass is 19.2. The Morgan fingerprint density at radius 3 is 2.77 bits per heavy atom. The molecule has 0 spiro atoms. The average Bonchev–Trinajstić information content (AvgIpc) is 3.14. The lowest BCUT2D eigenvalue weighted by molar-refractivity contribution is -0.141. The van der Waals surface area contributed by atoms with Gasteiger partial charge in [-0.3, -0.25) is 9.59 Å². The highest BCUT2D eigenvalue weighted by molar-refractivity contribution is 5.92. The van der Waals surface area contributed by atoms with Gasteiger partial charge in [0.05, 0.1) is 38.8 Å². The smallest absolute Gasteiger partial charge is 0.265 e. The maximum atomic E-state index is 15.0. The first-order valence-corrected chi connectivity index (χ1v) is 7.44. The summed E-state index contributed by atoms with van der Waals surface area (Å²) in [6.45, 7) is -0.0970. The lowest BCUT2D eigenvalue weighted by atomic mass is 9.93. The van der Waals surface area contributed by atoms with E-state index < -0.39 is 23.8 Å². The lowest BCUT2D eigenvalue weighted by Crippen LogP contribution is -2.48. The Morgan fingerprint density at radius 1 is 1.41 bits per heavy atom. The molecule has 0 aromatic carbocycles. The lowest BCUT2D eigenvalue weighted by Gasteiger charge is -2.24. The van der Waals surface area contributed by atoms with Crippen LogP contribution in [0.3, 0.4) is 0 Å². The molecule has 3 aliphatic heterocycles. The van der Waals surface area contributed by atoms with Gasteiger partial charge in [-0.05, 0) is 6.42 Å². The topological polar surface area (TPSA) is 59.1 Å². The summed E-state index contributed by atoms with van der Waals surface area (Å²) in [6.07, 6.45) is 0.557. The zero-order valence-electron chi connectivity index (χ0n) is 12.5. The minimum absolute atomic E-state index is 0.150. The summed E-state index contributed by atoms with van der Waals surface area (Å²) in [6, 6.07) is 0. The third kappa shape index (κ3) is 2.20. The summed E-state index contributed by atoms with van der Waals surface area (Å²) in [7, 11) is 1.46. The van der Waals surface area contributed by atoms with E-state index in [0.29, 0.717) is 13.0 Å². The van der Waals surface area contributed by atoms with Crippen molar-refractivity contribution in [3.63, 3.8) is 0 Å². The number of halogens is 2. The molecule has 3 fully saturated rings. The molecule has 0 saturated carbocycles. The van der Waals surface area contributed by atoms with E-state index in [-0.39, 0.29) is 44.7 Å². The van der Waals surface area contributed by atoms with Crippen LogP contribution in [0.4, 0.5) is 8.78 Å². The summed E-state index contributed by atoms with van der Waals surface area (Å²) in [5.41, 5.74) is -4.98. The molecule has 0 radical (unpaired) electrons. The van der Waals surface area contributed by atoms with Gasteiger partial charge in [0.15, 0.2) is 5.67 Å². The Morgan fingerprint density at radius 2 is 2.18 bits per heavy atom. The largest absolute Gasteiger partial charge is 0.383 e. The fourth-order valence-corrected chi connectivity index (χ4v) is 3.47. The van der Waals surface area contributed by atoms with E-state index in [2.05, 4.69) is 0 Å². The number of carbonyl (C=O) groups is 2. The van der Waals surface area contributed by atoms with Gasteiger partial charge < -0.3 is 19.3 Å². The van der Waals surface area contributed by atoms with Crippen LogP contribution in [0.25, 0.3) is 0 Å². The normalized spacial score (nSPS) is 38.0. The van der Waals surface area contributed by atoms with Crippen molar-refractivity contribution < 1.29 is 27.8 Å². The number of methoxy groups -OCH3 is 1. The minimum atomic E-state index is -2.64. The second kappa shape index (κ2) is 5.42. The van der Waals surface area contributed by atoms with Gasteiger partial charge >= 0.3 is 0 Å². The first-order chi connectivity index (χ1) is 10.4. The predicted octanol–water partition coefficient (Wildman–Crippen LogP) is -0.230. The van der Waals surface area contributed by atoms with E-state index in [1.807, 2.05) is 0 Å². The van der Waals surface area contributed by atoms with Crippen molar-refractivity contribution in [3.05, 3.63) is 0 Å². The standard InChI is InChI=1S/C14H20F2N2O4/c1-21-5-3-17-7-13(15)8-18(9-14(13,16)12(17)20)11(19)10-2-4-22-6-10/h10H,2-9H2,1H3/t10-,13+,14+/m0/s1. The van der Waals surface area contributed by atoms with Crippen LogP contribution < -0.4 is 0 Å². The summed E-state index contributed by atoms with van der Waals surface area (Å²) in [5.74, 6) is -1.56. The van der Waals surface area contributed by atoms with E-state index >= 15 is 8.78 Å². The van der Waals surface area contributed by atoms with Crippen molar-refractivity contribution in [2.45, 2.75) is 17.8 Å². The van der Waals surface area contributed by atoms with Gasteiger partial charge in [0.2, 0.25) is 11.6 Å². The number of amides is 2. The van der Waals surface area contributed by atoms with Crippen molar-refractivity contribution in [1.29, 1.82) is 0 Å². The summed E-state index contributed by atoms with van der Waals surface area (Å²) in [4.78, 5) is 26.8. The predicted molar refractivity (Wildman–Crippen MR) is 71.6 cm³/mol. The third-order valence-electron chi connectivity index (χ3n) is 4.78. The van der Waals surface area contributed by atoms with Gasteiger partial charge in [-0.2, -0.15) is 0 Å². The van der Waals surface area contributed by atoms with Gasteiger partial charge in [-0.15, -0.1) is 0 Å². The Bertz CT molecular complexity index is 485. The number of nitrogens with zero attached hydrogens (tertiary/aromatic N) is 2. The molecular formula is C14H20F2N2O4. The molecule has 3 rings (SSSR count). The highest BCUT2D eigenvalue weighted by Crippen LogP contribution is 2.45. The summed E-state index contributed by atoms with van der Waals surface area (Å²) >= 11 is 0. The van der Waals surface area contributed by atoms with Crippen LogP contribution in [0.15, 0.2) is 0 Å². The molecule has 0 bridgehead atoms. The van der Waals surface area contributed by atoms with E-state index in [1.54, 1.807) is 0 Å². The molecule has 8 heteroatoms. The fraction of sp³-hybridized carbons (Fsp3) is 0.857. The van der Waals surface area contributed by atoms with Gasteiger partial charge in [-0.25, -0.2) is 8.78 Å². The van der Waals surface area contributed by atoms with E-state index in [9.17, 15) is 9.59 Å². The Labute approximate surface area is 127 Å². The molecule has 2 amide bonds. The first kappa shape index (κ1) is 15.6. The van der Waals surface area contributed by atoms with Crippen LogP contribution in [0, 0.1) is 5.92 Å². The van der Waals surface area contributed by atoms with E-state index in [1.165, 1.54) is 7.11 Å². The van der Waals surface area contributed by atoms with Crippen molar-refractivity contribution in [3.8, 4) is 0 Å². The van der Waals surface area contributed by atoms with Crippen LogP contribution >= 0.6 is 0 Å². The van der Waals surface area contributed by atoms with Crippen LogP contribution in [-0.4, -0.2) is 86.1 Å². The fourth-order valence-electron chi connectivity index (χ4n) is 3.47. The Hall–Kier alpha value is -1.28. The van der Waals surface area contributed by atoms with Crippen molar-refractivity contribution in [1.82, 2.24) is 9.80 Å². The number of alkyl halides is 2. The molecular weight excluding hydrogens is 298 g/mol. The number of ether oxygens (including phenoxy) is 2. The van der Waals surface area contributed by atoms with Crippen LogP contribution in [0.2, 0.25) is 0 Å². The molecule has 3 atom stereocenters. The number of fused-ring (bicyclic) bond motifs is 1. The van der Waals surface area contributed by atoms with Gasteiger partial charge in [-0.1, -0.05) is 0 Å². The highest BCUT2D eigenvalue weighted by Gasteiger charge is 2.71. The number of likely N-dealkylation sites (tertiary alicyclic amines) is 2. The van der Waals surface area contributed by atoms with Crippen LogP contribution in [0.1, 0.15) is 6.42 Å². The SMILES string of the molecule is COCCN1C[C@@]2(F)CN(C(=O)[C@H]3CCOC3)C[C@@]2(F)C1=O. The number of hydrogen-bond acceptors (Lipinski definition) is 4. The molecule has 3 aliphatic rings. The second-order valence-electron chi connectivity index (χ2n) is 6.24. The van der Waals surface area contributed by atoms with Gasteiger partial charge in [0.1, 0.15) is 0 Å². The van der Waals surface area contributed by atoms with Crippen molar-refractivity contribution >= 4 is 11.8 Å². The minimum Gasteiger partial charge on any atom is -0.383 e. The zero-order valence-corrected chi connectivity index (χ0v) is 12.5. The molecule has 3 heterocycles. The maximum absolute atomic E-state index is 15.0. The van der Waals surface area contributed by atoms with Gasteiger partial charge in [0, 0.05) is 20.3 Å². The first-order valence-electron chi connectivity index (χ1n) is 7.44. The summed E-state index contributed by atoms with van der Waals surface area (Å²) < 4.78 is 40.0. The molecule has 0 N–H and O–H groups in total. The third-order valence-corrected chi connectivity index (χ3v) is 4.78. The Kier molecular flexibility index (Phi) is 3.84.